The van der Waals surface area contributed by atoms with Gasteiger partial charge in [-0.3, -0.25) is 0 Å². The van der Waals surface area contributed by atoms with E-state index in [2.05, 4.69) is 5.32 Å². The number of aldehydes is 1. The molecule has 0 unspecified atom stereocenters. The van der Waals surface area contributed by atoms with Crippen LogP contribution in [-0.4, -0.2) is 64.2 Å². The Hall–Kier alpha value is -1.31. The van der Waals surface area contributed by atoms with Gasteiger partial charge in [0, 0.05) is 0 Å². The number of nitrogens with one attached hydrogen (secondary N) is 1. The van der Waals surface area contributed by atoms with E-state index in [0.717, 1.165) is 5.56 Å². The molecule has 5 N–H and O–H groups in total. The molecule has 6 heteroatoms. The lowest BCUT2D eigenvalue weighted by molar-refractivity contribution is -0.120. The molecule has 0 bridgehead atoms. The molecule has 112 valence electrons. The van der Waals surface area contributed by atoms with E-state index < -0.39 is 31.0 Å². The number of benzene rings is 1. The van der Waals surface area contributed by atoms with E-state index in [1.165, 1.54) is 0 Å². The van der Waals surface area contributed by atoms with Crippen molar-refractivity contribution >= 4 is 6.29 Å². The van der Waals surface area contributed by atoms with Crippen LogP contribution in [0.3, 0.4) is 0 Å². The third kappa shape index (κ3) is 4.99. The number of carbonyl (C=O) groups excluding carboxylic acids is 1. The van der Waals surface area contributed by atoms with Crippen molar-refractivity contribution in [1.82, 2.24) is 5.32 Å². The van der Waals surface area contributed by atoms with E-state index in [4.69, 9.17) is 5.11 Å². The van der Waals surface area contributed by atoms with Crippen molar-refractivity contribution in [2.24, 2.45) is 0 Å². The summed E-state index contributed by atoms with van der Waals surface area (Å²) in [5.74, 6) is 0. The zero-order valence-corrected chi connectivity index (χ0v) is 11.1. The summed E-state index contributed by atoms with van der Waals surface area (Å²) in [6, 6.07) is 8.60. The van der Waals surface area contributed by atoms with Crippen LogP contribution in [0.2, 0.25) is 0 Å². The highest BCUT2D eigenvalue weighted by Crippen LogP contribution is 2.04. The maximum absolute atomic E-state index is 10.9. The van der Waals surface area contributed by atoms with Crippen LogP contribution in [0.25, 0.3) is 0 Å². The zero-order chi connectivity index (χ0) is 15.0. The molecule has 0 fully saturated rings. The lowest BCUT2D eigenvalue weighted by Gasteiger charge is -2.26. The van der Waals surface area contributed by atoms with E-state index in [9.17, 15) is 20.1 Å². The smallest absolute Gasteiger partial charge is 0.139 e. The Morgan fingerprint density at radius 1 is 1.10 bits per heavy atom. The molecule has 0 radical (unpaired) electrons. The molecule has 0 aliphatic rings. The number of hydrogen-bond donors (Lipinski definition) is 5. The minimum atomic E-state index is -1.58. The van der Waals surface area contributed by atoms with Gasteiger partial charge in [-0.2, -0.15) is 0 Å². The van der Waals surface area contributed by atoms with Crippen molar-refractivity contribution in [3.63, 3.8) is 0 Å². The molecule has 1 aromatic rings. The normalized spacial score (nSPS) is 17.2. The van der Waals surface area contributed by atoms with E-state index in [-0.39, 0.29) is 0 Å². The topological polar surface area (TPSA) is 110 Å². The van der Waals surface area contributed by atoms with Crippen molar-refractivity contribution in [1.29, 1.82) is 0 Å². The van der Waals surface area contributed by atoms with Crippen molar-refractivity contribution in [3.05, 3.63) is 35.9 Å². The standard InChI is InChI=1S/C14H21NO5/c16-8-11(13(19)14(20)12(18)9-17)15-7-6-10-4-2-1-3-5-10/h1-5,8,11-15,17-20H,6-7,9H2/t11-,12+,13+,14+/m0/s1. The summed E-state index contributed by atoms with van der Waals surface area (Å²) in [7, 11) is 0. The molecule has 1 rings (SSSR count). The van der Waals surface area contributed by atoms with Crippen LogP contribution in [-0.2, 0) is 11.2 Å². The second kappa shape index (κ2) is 8.78. The predicted molar refractivity (Wildman–Crippen MR) is 73.1 cm³/mol. The molecule has 0 spiro atoms. The van der Waals surface area contributed by atoms with Crippen LogP contribution >= 0.6 is 0 Å². The molecular weight excluding hydrogens is 262 g/mol. The van der Waals surface area contributed by atoms with Gasteiger partial charge < -0.3 is 30.5 Å². The largest absolute Gasteiger partial charge is 0.394 e. The van der Waals surface area contributed by atoms with Crippen LogP contribution in [0.4, 0.5) is 0 Å². The summed E-state index contributed by atoms with van der Waals surface area (Å²) >= 11 is 0. The molecule has 0 aromatic heterocycles. The van der Waals surface area contributed by atoms with E-state index in [1.807, 2.05) is 30.3 Å². The minimum Gasteiger partial charge on any atom is -0.394 e. The molecule has 1 aromatic carbocycles. The van der Waals surface area contributed by atoms with Crippen LogP contribution < -0.4 is 5.32 Å². The highest BCUT2D eigenvalue weighted by Gasteiger charge is 2.30. The Morgan fingerprint density at radius 3 is 2.30 bits per heavy atom. The van der Waals surface area contributed by atoms with Crippen LogP contribution in [0.5, 0.6) is 0 Å². The molecular formula is C14H21NO5. The fraction of sp³-hybridized carbons (Fsp3) is 0.500. The SMILES string of the molecule is O=C[C@H](NCCc1ccccc1)[C@@H](O)[C@H](O)[C@H](O)CO. The van der Waals surface area contributed by atoms with Gasteiger partial charge >= 0.3 is 0 Å². The fourth-order valence-corrected chi connectivity index (χ4v) is 1.83. The van der Waals surface area contributed by atoms with Crippen LogP contribution in [0.15, 0.2) is 30.3 Å². The number of aliphatic hydroxyl groups excluding tert-OH is 4. The molecule has 4 atom stereocenters. The van der Waals surface area contributed by atoms with Gasteiger partial charge in [-0.05, 0) is 18.5 Å². The Bertz CT molecular complexity index is 386. The van der Waals surface area contributed by atoms with Gasteiger partial charge in [0.25, 0.3) is 0 Å². The molecule has 0 saturated carbocycles. The first-order valence-electron chi connectivity index (χ1n) is 6.47. The van der Waals surface area contributed by atoms with Crippen molar-refractivity contribution in [2.45, 2.75) is 30.8 Å². The van der Waals surface area contributed by atoms with Gasteiger partial charge in [0.1, 0.15) is 24.6 Å². The maximum atomic E-state index is 10.9. The Labute approximate surface area is 117 Å². The average Bonchev–Trinajstić information content (AvgIpc) is 2.50. The number of carbonyl (C=O) groups is 1. The van der Waals surface area contributed by atoms with E-state index in [1.54, 1.807) is 0 Å². The molecule has 0 aliphatic heterocycles. The third-order valence-electron chi connectivity index (χ3n) is 3.08. The monoisotopic (exact) mass is 283 g/mol. The Balaban J connectivity index is 2.44. The van der Waals surface area contributed by atoms with Gasteiger partial charge in [-0.15, -0.1) is 0 Å². The Morgan fingerprint density at radius 2 is 1.75 bits per heavy atom. The lowest BCUT2D eigenvalue weighted by Crippen LogP contribution is -2.52. The van der Waals surface area contributed by atoms with Crippen molar-refractivity contribution in [2.75, 3.05) is 13.2 Å². The third-order valence-corrected chi connectivity index (χ3v) is 3.08. The van der Waals surface area contributed by atoms with Gasteiger partial charge in [0.15, 0.2) is 0 Å². The van der Waals surface area contributed by atoms with Crippen LogP contribution in [0.1, 0.15) is 5.56 Å². The summed E-state index contributed by atoms with van der Waals surface area (Å²) in [4.78, 5) is 10.9. The summed E-state index contributed by atoms with van der Waals surface area (Å²) in [5.41, 5.74) is 1.08. The maximum Gasteiger partial charge on any atom is 0.139 e. The average molecular weight is 283 g/mol. The number of aliphatic hydroxyl groups is 4. The van der Waals surface area contributed by atoms with Crippen molar-refractivity contribution in [3.8, 4) is 0 Å². The second-order valence-electron chi connectivity index (χ2n) is 4.58. The van der Waals surface area contributed by atoms with Gasteiger partial charge in [-0.1, -0.05) is 30.3 Å². The summed E-state index contributed by atoms with van der Waals surface area (Å²) in [6.45, 7) is -0.250. The molecule has 0 aliphatic carbocycles. The zero-order valence-electron chi connectivity index (χ0n) is 11.1. The van der Waals surface area contributed by atoms with Gasteiger partial charge in [-0.25, -0.2) is 0 Å². The molecule has 20 heavy (non-hydrogen) atoms. The summed E-state index contributed by atoms with van der Waals surface area (Å²) in [6.07, 6.45) is -3.41. The van der Waals surface area contributed by atoms with Crippen molar-refractivity contribution < 1.29 is 25.2 Å². The fourth-order valence-electron chi connectivity index (χ4n) is 1.83. The summed E-state index contributed by atoms with van der Waals surface area (Å²) < 4.78 is 0. The lowest BCUT2D eigenvalue weighted by atomic mass is 10.0. The highest BCUT2D eigenvalue weighted by atomic mass is 16.4. The number of hydrogen-bond acceptors (Lipinski definition) is 6. The first-order chi connectivity index (χ1) is 9.60. The first kappa shape index (κ1) is 16.7. The van der Waals surface area contributed by atoms with Gasteiger partial charge in [0.05, 0.1) is 12.6 Å². The molecule has 6 nitrogen and oxygen atoms in total. The van der Waals surface area contributed by atoms with Gasteiger partial charge in [0.2, 0.25) is 0 Å². The highest BCUT2D eigenvalue weighted by molar-refractivity contribution is 5.58. The Kier molecular flexibility index (Phi) is 7.35. The quantitative estimate of drug-likeness (QED) is 0.351. The number of rotatable bonds is 9. The van der Waals surface area contributed by atoms with E-state index in [0.29, 0.717) is 19.3 Å². The minimum absolute atomic E-state index is 0.437. The van der Waals surface area contributed by atoms with E-state index >= 15 is 0 Å². The first-order valence-corrected chi connectivity index (χ1v) is 6.47. The second-order valence-corrected chi connectivity index (χ2v) is 4.58. The molecule has 0 heterocycles. The molecule has 0 amide bonds. The van der Waals surface area contributed by atoms with Crippen LogP contribution in [0, 0.1) is 0 Å². The predicted octanol–water partition coefficient (Wildman–Crippen LogP) is -1.54. The molecule has 0 saturated heterocycles. The summed E-state index contributed by atoms with van der Waals surface area (Å²) in [5, 5.41) is 40.1.